The molecule has 0 amide bonds. The number of nitrogens with zero attached hydrogens (tertiary/aromatic N) is 2. The molecule has 4 atom stereocenters. The summed E-state index contributed by atoms with van der Waals surface area (Å²) in [7, 11) is 0. The van der Waals surface area contributed by atoms with E-state index in [0.29, 0.717) is 5.75 Å². The van der Waals surface area contributed by atoms with Gasteiger partial charge in [-0.05, 0) is 39.8 Å². The Morgan fingerprint density at radius 3 is 2.70 bits per heavy atom. The van der Waals surface area contributed by atoms with Crippen LogP contribution >= 0.6 is 0 Å². The van der Waals surface area contributed by atoms with E-state index in [4.69, 9.17) is 9.47 Å². The van der Waals surface area contributed by atoms with Crippen LogP contribution in [-0.4, -0.2) is 53.1 Å². The van der Waals surface area contributed by atoms with Gasteiger partial charge in [-0.15, -0.1) is 0 Å². The average molecular weight is 502 g/mol. The summed E-state index contributed by atoms with van der Waals surface area (Å²) in [6, 6.07) is 12.3. The van der Waals surface area contributed by atoms with Crippen LogP contribution in [0.4, 0.5) is 11.4 Å². The zero-order valence-corrected chi connectivity index (χ0v) is 21.8. The molecule has 4 aliphatic heterocycles. The van der Waals surface area contributed by atoms with E-state index in [2.05, 4.69) is 47.6 Å². The molecule has 2 aromatic rings. The molecule has 7 nitrogen and oxygen atoms in total. The van der Waals surface area contributed by atoms with Crippen LogP contribution < -0.4 is 9.64 Å². The summed E-state index contributed by atoms with van der Waals surface area (Å²) in [5.74, 6) is -1.19. The second-order valence-electron chi connectivity index (χ2n) is 10.7. The number of ether oxygens (including phenoxy) is 2. The van der Waals surface area contributed by atoms with Gasteiger partial charge < -0.3 is 19.5 Å². The number of aliphatic carboxylic acids is 1. The maximum Gasteiger partial charge on any atom is 0.321 e. The van der Waals surface area contributed by atoms with Gasteiger partial charge >= 0.3 is 11.9 Å². The molecule has 192 valence electrons. The summed E-state index contributed by atoms with van der Waals surface area (Å²) in [5, 5.41) is 9.90. The highest BCUT2D eigenvalue weighted by Gasteiger charge is 2.57. The van der Waals surface area contributed by atoms with Gasteiger partial charge in [0, 0.05) is 54.0 Å². The molecule has 4 heterocycles. The molecule has 0 radical (unpaired) electrons. The third-order valence-electron chi connectivity index (χ3n) is 8.48. The molecule has 0 fully saturated rings. The van der Waals surface area contributed by atoms with Crippen molar-refractivity contribution in [2.24, 2.45) is 5.92 Å². The minimum atomic E-state index is -0.850. The van der Waals surface area contributed by atoms with E-state index in [1.54, 1.807) is 0 Å². The molecule has 37 heavy (non-hydrogen) atoms. The Labute approximate surface area is 217 Å². The number of hydrogen-bond acceptors (Lipinski definition) is 5. The van der Waals surface area contributed by atoms with Gasteiger partial charge in [0.15, 0.2) is 12.3 Å². The van der Waals surface area contributed by atoms with Crippen molar-refractivity contribution in [3.63, 3.8) is 0 Å². The second kappa shape index (κ2) is 8.55. The zero-order valence-electron chi connectivity index (χ0n) is 21.8. The molecule has 2 aromatic carbocycles. The number of carbonyl (C=O) groups excluding carboxylic acids is 1. The van der Waals surface area contributed by atoms with Gasteiger partial charge in [0.1, 0.15) is 17.8 Å². The number of rotatable bonds is 5. The van der Waals surface area contributed by atoms with Crippen molar-refractivity contribution >= 4 is 29.0 Å². The topological polar surface area (TPSA) is 79.1 Å². The van der Waals surface area contributed by atoms with Crippen molar-refractivity contribution in [1.82, 2.24) is 0 Å². The summed E-state index contributed by atoms with van der Waals surface area (Å²) < 4.78 is 14.8. The van der Waals surface area contributed by atoms with Gasteiger partial charge in [0.25, 0.3) is 0 Å². The predicted octanol–water partition coefficient (Wildman–Crippen LogP) is 4.68. The molecule has 1 N–H and O–H groups in total. The Morgan fingerprint density at radius 2 is 1.97 bits per heavy atom. The van der Waals surface area contributed by atoms with Crippen LogP contribution in [0.15, 0.2) is 48.0 Å². The summed E-state index contributed by atoms with van der Waals surface area (Å²) in [6.07, 6.45) is 2.10. The van der Waals surface area contributed by atoms with Gasteiger partial charge in [0.05, 0.1) is 17.9 Å². The van der Waals surface area contributed by atoms with Crippen LogP contribution in [0.2, 0.25) is 0 Å². The lowest BCUT2D eigenvalue weighted by Crippen LogP contribution is -2.47. The summed E-state index contributed by atoms with van der Waals surface area (Å²) >= 11 is 0. The minimum absolute atomic E-state index is 0.0329. The van der Waals surface area contributed by atoms with Crippen LogP contribution in [0, 0.1) is 12.8 Å². The van der Waals surface area contributed by atoms with Crippen molar-refractivity contribution in [2.45, 2.75) is 58.2 Å². The highest BCUT2D eigenvalue weighted by atomic mass is 16.6. The van der Waals surface area contributed by atoms with E-state index in [1.807, 2.05) is 32.1 Å². The molecular weight excluding hydrogens is 468 g/mol. The van der Waals surface area contributed by atoms with Crippen molar-refractivity contribution < 1.29 is 28.7 Å². The number of carbonyl (C=O) groups is 2. The highest BCUT2D eigenvalue weighted by molar-refractivity contribution is 6.10. The molecule has 6 rings (SSSR count). The fourth-order valence-electron chi connectivity index (χ4n) is 6.75. The maximum atomic E-state index is 13.3. The number of aryl methyl sites for hydroxylation is 1. The second-order valence-corrected chi connectivity index (χ2v) is 10.7. The molecule has 0 saturated heterocycles. The van der Waals surface area contributed by atoms with Gasteiger partial charge in [-0.3, -0.25) is 9.59 Å². The van der Waals surface area contributed by atoms with Gasteiger partial charge in [-0.2, -0.15) is 4.58 Å². The third kappa shape index (κ3) is 3.55. The van der Waals surface area contributed by atoms with Gasteiger partial charge in [-0.1, -0.05) is 23.8 Å². The molecule has 0 saturated carbocycles. The first kappa shape index (κ1) is 23.9. The Kier molecular flexibility index (Phi) is 5.53. The van der Waals surface area contributed by atoms with E-state index in [9.17, 15) is 14.7 Å². The number of carboxylic acid groups (broad SMARTS) is 1. The standard InChI is InChI=1S/C30H32N2O5/c1-5-31(6-2)18-8-9-19-25(14-18)37-29(35)21-15-20-24(36-27(19)21)11-12-32-23-10-7-17(3)13-22(23)30(4,28(20)32)16-26(33)34/h7-10,13-15,21,24,27H,5-6,11-12,16H2,1-4H3/p+1. The number of hydrogen-bond donors (Lipinski definition) is 1. The van der Waals surface area contributed by atoms with E-state index in [0.717, 1.165) is 65.4 Å². The molecule has 0 spiro atoms. The van der Waals surface area contributed by atoms with Crippen LogP contribution in [0.5, 0.6) is 5.75 Å². The molecule has 7 heteroatoms. The smallest absolute Gasteiger partial charge is 0.321 e. The molecule has 0 bridgehead atoms. The Bertz CT molecular complexity index is 1390. The number of esters is 1. The quantitative estimate of drug-likeness (QED) is 0.364. The number of fused-ring (bicyclic) bond motifs is 7. The fraction of sp³-hybridized carbons (Fsp3) is 0.433. The predicted molar refractivity (Wildman–Crippen MR) is 140 cm³/mol. The lowest BCUT2D eigenvalue weighted by atomic mass is 9.71. The molecule has 0 aromatic heterocycles. The maximum absolute atomic E-state index is 13.3. The molecule has 4 aliphatic rings. The monoisotopic (exact) mass is 501 g/mol. The Morgan fingerprint density at radius 1 is 1.19 bits per heavy atom. The number of carboxylic acids is 1. The summed E-state index contributed by atoms with van der Waals surface area (Å²) in [4.78, 5) is 27.6. The SMILES string of the molecule is CCN(CC)c1ccc2c(c1)OC(=O)C1C=C3C4=[N+](CCC3OC21)c1ccc(C)cc1C4(C)CC(=O)O. The van der Waals surface area contributed by atoms with E-state index >= 15 is 0 Å². The highest BCUT2D eigenvalue weighted by Crippen LogP contribution is 2.51. The lowest BCUT2D eigenvalue weighted by Gasteiger charge is -2.40. The average Bonchev–Trinajstić information content (AvgIpc) is 3.11. The van der Waals surface area contributed by atoms with Crippen LogP contribution in [0.25, 0.3) is 0 Å². The third-order valence-corrected chi connectivity index (χ3v) is 8.48. The number of benzene rings is 2. The van der Waals surface area contributed by atoms with Crippen molar-refractivity contribution in [3.8, 4) is 5.75 Å². The van der Waals surface area contributed by atoms with E-state index in [1.165, 1.54) is 0 Å². The summed E-state index contributed by atoms with van der Waals surface area (Å²) in [5.41, 5.74) is 6.23. The normalized spacial score (nSPS) is 27.3. The van der Waals surface area contributed by atoms with Crippen LogP contribution in [-0.2, 0) is 19.7 Å². The minimum Gasteiger partial charge on any atom is -0.481 e. The zero-order chi connectivity index (χ0) is 26.1. The van der Waals surface area contributed by atoms with Gasteiger partial charge in [0.2, 0.25) is 5.69 Å². The first-order chi connectivity index (χ1) is 17.7. The first-order valence-corrected chi connectivity index (χ1v) is 13.2. The van der Waals surface area contributed by atoms with Crippen molar-refractivity contribution in [3.05, 3.63) is 64.7 Å². The Balaban J connectivity index is 1.44. The van der Waals surface area contributed by atoms with Crippen molar-refractivity contribution in [2.75, 3.05) is 24.5 Å². The van der Waals surface area contributed by atoms with E-state index < -0.39 is 23.4 Å². The molecule has 0 aliphatic carbocycles. The number of anilines is 1. The fourth-order valence-corrected chi connectivity index (χ4v) is 6.75. The molecule has 4 unspecified atom stereocenters. The molecular formula is C30H33N2O5+. The van der Waals surface area contributed by atoms with Gasteiger partial charge in [-0.25, -0.2) is 0 Å². The van der Waals surface area contributed by atoms with Crippen LogP contribution in [0.1, 0.15) is 56.4 Å². The van der Waals surface area contributed by atoms with Crippen LogP contribution in [0.3, 0.4) is 0 Å². The first-order valence-electron chi connectivity index (χ1n) is 13.2. The largest absolute Gasteiger partial charge is 0.481 e. The lowest BCUT2D eigenvalue weighted by molar-refractivity contribution is -0.445. The van der Waals surface area contributed by atoms with Crippen molar-refractivity contribution in [1.29, 1.82) is 0 Å². The summed E-state index contributed by atoms with van der Waals surface area (Å²) in [6.45, 7) is 10.7. The Hall–Kier alpha value is -3.45. The van der Waals surface area contributed by atoms with E-state index in [-0.39, 0.29) is 18.5 Å².